The van der Waals surface area contributed by atoms with Gasteiger partial charge in [0, 0.05) is 18.0 Å². The van der Waals surface area contributed by atoms with E-state index in [0.29, 0.717) is 21.8 Å². The number of fused-ring (bicyclic) bond motifs is 1. The number of hydrogen-bond acceptors (Lipinski definition) is 5. The average molecular weight is 383 g/mol. The van der Waals surface area contributed by atoms with Crippen molar-refractivity contribution in [2.24, 2.45) is 7.05 Å². The molecule has 0 saturated heterocycles. The number of amides is 1. The van der Waals surface area contributed by atoms with E-state index in [2.05, 4.69) is 10.3 Å². The average Bonchev–Trinajstić information content (AvgIpc) is 3.25. The molecule has 4 rings (SSSR count). The van der Waals surface area contributed by atoms with Crippen LogP contribution >= 0.6 is 11.3 Å². The van der Waals surface area contributed by atoms with Gasteiger partial charge in [-0.1, -0.05) is 18.2 Å². The molecule has 0 spiro atoms. The smallest absolute Gasteiger partial charge is 0.408 e. The largest absolute Gasteiger partial charge is 0.419 e. The summed E-state index contributed by atoms with van der Waals surface area (Å²) in [5.41, 5.74) is 2.71. The van der Waals surface area contributed by atoms with E-state index in [9.17, 15) is 14.0 Å². The second-order valence-corrected chi connectivity index (χ2v) is 6.84. The summed E-state index contributed by atoms with van der Waals surface area (Å²) in [6, 6.07) is 11.2. The van der Waals surface area contributed by atoms with Gasteiger partial charge in [0.2, 0.25) is 0 Å². The molecule has 0 unspecified atom stereocenters. The SMILES string of the molecule is Cn1c(=O)oc2cc(-c3csc(CNC(=O)c4ccccc4F)n3)ccc21. The predicted octanol–water partition coefficient (Wildman–Crippen LogP) is 3.32. The van der Waals surface area contributed by atoms with E-state index in [4.69, 9.17) is 4.42 Å². The number of aryl methyl sites for hydroxylation is 1. The number of carbonyl (C=O) groups is 1. The second kappa shape index (κ2) is 6.81. The zero-order valence-electron chi connectivity index (χ0n) is 14.2. The Hall–Kier alpha value is -3.26. The molecule has 8 heteroatoms. The van der Waals surface area contributed by atoms with Crippen molar-refractivity contribution in [3.05, 3.63) is 74.8 Å². The topological polar surface area (TPSA) is 77.1 Å². The third-order valence-corrected chi connectivity index (χ3v) is 5.01. The van der Waals surface area contributed by atoms with Gasteiger partial charge in [-0.15, -0.1) is 11.3 Å². The lowest BCUT2D eigenvalue weighted by molar-refractivity contribution is 0.0947. The Kier molecular flexibility index (Phi) is 4.33. The van der Waals surface area contributed by atoms with Gasteiger partial charge in [0.1, 0.15) is 10.8 Å². The number of nitrogens with one attached hydrogen (secondary N) is 1. The second-order valence-electron chi connectivity index (χ2n) is 5.90. The minimum Gasteiger partial charge on any atom is -0.408 e. The molecule has 0 aliphatic carbocycles. The summed E-state index contributed by atoms with van der Waals surface area (Å²) in [6.45, 7) is 0.195. The number of oxazole rings is 1. The molecule has 0 fully saturated rings. The highest BCUT2D eigenvalue weighted by Gasteiger charge is 2.13. The number of aromatic nitrogens is 2. The van der Waals surface area contributed by atoms with Crippen LogP contribution in [0.25, 0.3) is 22.4 Å². The van der Waals surface area contributed by atoms with E-state index in [0.717, 1.165) is 5.56 Å². The molecule has 0 radical (unpaired) electrons. The van der Waals surface area contributed by atoms with Crippen LogP contribution in [0, 0.1) is 5.82 Å². The summed E-state index contributed by atoms with van der Waals surface area (Å²) >= 11 is 1.38. The maximum Gasteiger partial charge on any atom is 0.419 e. The quantitative estimate of drug-likeness (QED) is 0.586. The first-order chi connectivity index (χ1) is 13.0. The Morgan fingerprint density at radius 1 is 1.30 bits per heavy atom. The summed E-state index contributed by atoms with van der Waals surface area (Å²) in [4.78, 5) is 28.2. The van der Waals surface area contributed by atoms with Crippen LogP contribution in [0.2, 0.25) is 0 Å². The monoisotopic (exact) mass is 383 g/mol. The van der Waals surface area contributed by atoms with Crippen molar-refractivity contribution in [3.63, 3.8) is 0 Å². The number of hydrogen-bond donors (Lipinski definition) is 1. The van der Waals surface area contributed by atoms with Crippen LogP contribution in [0.4, 0.5) is 4.39 Å². The highest BCUT2D eigenvalue weighted by molar-refractivity contribution is 7.09. The van der Waals surface area contributed by atoms with E-state index in [1.54, 1.807) is 25.2 Å². The molecule has 6 nitrogen and oxygen atoms in total. The normalized spacial score (nSPS) is 11.0. The molecule has 0 aliphatic heterocycles. The summed E-state index contributed by atoms with van der Waals surface area (Å²) in [5.74, 6) is -1.47. The van der Waals surface area contributed by atoms with Crippen LogP contribution in [0.5, 0.6) is 0 Å². The van der Waals surface area contributed by atoms with Crippen LogP contribution in [0.15, 0.2) is 57.1 Å². The van der Waals surface area contributed by atoms with Gasteiger partial charge in [0.05, 0.1) is 23.3 Å². The van der Waals surface area contributed by atoms with E-state index in [1.807, 2.05) is 11.4 Å². The number of rotatable bonds is 4. The van der Waals surface area contributed by atoms with Gasteiger partial charge in [-0.2, -0.15) is 0 Å². The summed E-state index contributed by atoms with van der Waals surface area (Å²) in [5, 5.41) is 5.21. The highest BCUT2D eigenvalue weighted by Crippen LogP contribution is 2.25. The Balaban J connectivity index is 1.51. The van der Waals surface area contributed by atoms with Crippen molar-refractivity contribution in [1.29, 1.82) is 0 Å². The van der Waals surface area contributed by atoms with E-state index < -0.39 is 17.5 Å². The molecular weight excluding hydrogens is 369 g/mol. The van der Waals surface area contributed by atoms with Crippen molar-refractivity contribution in [3.8, 4) is 11.3 Å². The molecule has 0 atom stereocenters. The van der Waals surface area contributed by atoms with Gasteiger partial charge in [0.25, 0.3) is 5.91 Å². The fourth-order valence-corrected chi connectivity index (χ4v) is 3.46. The van der Waals surface area contributed by atoms with Gasteiger partial charge in [-0.05, 0) is 24.3 Å². The Labute approximate surface area is 156 Å². The number of nitrogens with zero attached hydrogens (tertiary/aromatic N) is 2. The third kappa shape index (κ3) is 3.26. The van der Waals surface area contributed by atoms with Crippen molar-refractivity contribution in [1.82, 2.24) is 14.9 Å². The van der Waals surface area contributed by atoms with Crippen LogP contribution in [-0.2, 0) is 13.6 Å². The standard InChI is InChI=1S/C19H14FN3O3S/c1-23-15-7-6-11(8-16(15)26-19(23)25)14-10-27-17(22-14)9-21-18(24)12-4-2-3-5-13(12)20/h2-8,10H,9H2,1H3,(H,21,24). The molecule has 27 heavy (non-hydrogen) atoms. The molecule has 2 heterocycles. The number of halogens is 1. The number of benzene rings is 2. The fourth-order valence-electron chi connectivity index (χ4n) is 2.71. The van der Waals surface area contributed by atoms with E-state index in [-0.39, 0.29) is 12.1 Å². The summed E-state index contributed by atoms with van der Waals surface area (Å²) in [7, 11) is 1.65. The zero-order valence-corrected chi connectivity index (χ0v) is 15.0. The first-order valence-electron chi connectivity index (χ1n) is 8.10. The maximum atomic E-state index is 13.6. The van der Waals surface area contributed by atoms with Crippen LogP contribution in [-0.4, -0.2) is 15.5 Å². The molecule has 136 valence electrons. The van der Waals surface area contributed by atoms with Crippen LogP contribution in [0.1, 0.15) is 15.4 Å². The van der Waals surface area contributed by atoms with E-state index in [1.165, 1.54) is 34.1 Å². The lowest BCUT2D eigenvalue weighted by atomic mass is 10.1. The van der Waals surface area contributed by atoms with Gasteiger partial charge in [-0.25, -0.2) is 14.2 Å². The number of carbonyl (C=O) groups excluding carboxylic acids is 1. The number of thiazole rings is 1. The van der Waals surface area contributed by atoms with Crippen molar-refractivity contribution < 1.29 is 13.6 Å². The molecule has 0 aliphatic rings. The molecule has 1 amide bonds. The van der Waals surface area contributed by atoms with Gasteiger partial charge in [-0.3, -0.25) is 9.36 Å². The van der Waals surface area contributed by atoms with Gasteiger partial charge < -0.3 is 9.73 Å². The lowest BCUT2D eigenvalue weighted by Crippen LogP contribution is -2.23. The predicted molar refractivity (Wildman–Crippen MR) is 100 cm³/mol. The van der Waals surface area contributed by atoms with Crippen molar-refractivity contribution >= 4 is 28.3 Å². The van der Waals surface area contributed by atoms with Gasteiger partial charge >= 0.3 is 5.76 Å². The minimum atomic E-state index is -0.563. The molecule has 1 N–H and O–H groups in total. The van der Waals surface area contributed by atoms with E-state index >= 15 is 0 Å². The minimum absolute atomic E-state index is 0.00108. The molecule has 0 saturated carbocycles. The van der Waals surface area contributed by atoms with Crippen LogP contribution < -0.4 is 11.1 Å². The Bertz CT molecular complexity index is 1210. The third-order valence-electron chi connectivity index (χ3n) is 4.16. The molecule has 2 aromatic heterocycles. The van der Waals surface area contributed by atoms with Crippen molar-refractivity contribution in [2.45, 2.75) is 6.54 Å². The first-order valence-corrected chi connectivity index (χ1v) is 8.98. The zero-order chi connectivity index (χ0) is 19.0. The summed E-state index contributed by atoms with van der Waals surface area (Å²) in [6.07, 6.45) is 0. The van der Waals surface area contributed by atoms with Crippen LogP contribution in [0.3, 0.4) is 0 Å². The molecule has 0 bridgehead atoms. The molecule has 2 aromatic carbocycles. The van der Waals surface area contributed by atoms with Crippen molar-refractivity contribution in [2.75, 3.05) is 0 Å². The summed E-state index contributed by atoms with van der Waals surface area (Å²) < 4.78 is 20.3. The highest BCUT2D eigenvalue weighted by atomic mass is 32.1. The fraction of sp³-hybridized carbons (Fsp3) is 0.105. The first kappa shape index (κ1) is 17.2. The maximum absolute atomic E-state index is 13.6. The van der Waals surface area contributed by atoms with Gasteiger partial charge in [0.15, 0.2) is 5.58 Å². The Morgan fingerprint density at radius 3 is 2.93 bits per heavy atom. The Morgan fingerprint density at radius 2 is 2.11 bits per heavy atom. The molecular formula is C19H14FN3O3S. The lowest BCUT2D eigenvalue weighted by Gasteiger charge is -2.04. The molecule has 4 aromatic rings.